The molecule has 156 valence electrons. The standard InChI is InChI=1S/C23H30ClFN4/c1-23(2,3)8-9-29-13-15-10-18(11-16(15)14-29)26-22-7-6-21(27-28-22)19-12-17(25)4-5-20(19)24/h4-7,12,15-16,18H,8-11,13-14H2,1-3H3,(H,26,28)/t15-,16+,18-. The van der Waals surface area contributed by atoms with Crippen molar-refractivity contribution in [2.24, 2.45) is 17.3 Å². The average molecular weight is 417 g/mol. The Kier molecular flexibility index (Phi) is 5.80. The molecule has 0 amide bonds. The number of fused-ring (bicyclic) bond motifs is 1. The van der Waals surface area contributed by atoms with Crippen LogP contribution in [-0.2, 0) is 0 Å². The van der Waals surface area contributed by atoms with Crippen molar-refractivity contribution in [3.05, 3.63) is 41.2 Å². The minimum Gasteiger partial charge on any atom is -0.366 e. The summed E-state index contributed by atoms with van der Waals surface area (Å²) in [6.45, 7) is 10.6. The van der Waals surface area contributed by atoms with E-state index in [2.05, 4.69) is 41.2 Å². The summed E-state index contributed by atoms with van der Waals surface area (Å²) in [5.41, 5.74) is 1.55. The Morgan fingerprint density at radius 2 is 1.83 bits per heavy atom. The van der Waals surface area contributed by atoms with E-state index < -0.39 is 0 Å². The zero-order valence-corrected chi connectivity index (χ0v) is 18.2. The molecule has 1 aromatic heterocycles. The first-order chi connectivity index (χ1) is 13.8. The molecule has 6 heteroatoms. The Labute approximate surface area is 177 Å². The Morgan fingerprint density at radius 3 is 2.45 bits per heavy atom. The van der Waals surface area contributed by atoms with E-state index >= 15 is 0 Å². The lowest BCUT2D eigenvalue weighted by atomic mass is 9.92. The molecule has 2 aliphatic rings. The third-order valence-electron chi connectivity index (χ3n) is 6.23. The van der Waals surface area contributed by atoms with Gasteiger partial charge in [0.05, 0.1) is 10.7 Å². The van der Waals surface area contributed by atoms with Gasteiger partial charge in [0, 0.05) is 24.7 Å². The number of nitrogens with one attached hydrogen (secondary N) is 1. The molecular formula is C23H30ClFN4. The summed E-state index contributed by atoms with van der Waals surface area (Å²) in [6, 6.07) is 8.49. The molecule has 2 aromatic rings. The van der Waals surface area contributed by atoms with Gasteiger partial charge < -0.3 is 10.2 Å². The normalized spacial score (nSPS) is 24.7. The van der Waals surface area contributed by atoms with Crippen molar-refractivity contribution in [2.45, 2.75) is 46.1 Å². The predicted octanol–water partition coefficient (Wildman–Crippen LogP) is 5.49. The van der Waals surface area contributed by atoms with E-state index in [1.165, 1.54) is 51.0 Å². The number of rotatable bonds is 5. The largest absolute Gasteiger partial charge is 0.366 e. The van der Waals surface area contributed by atoms with E-state index in [0.29, 0.717) is 27.7 Å². The molecule has 2 fully saturated rings. The molecule has 2 heterocycles. The first kappa shape index (κ1) is 20.5. The number of nitrogens with zero attached hydrogens (tertiary/aromatic N) is 3. The molecule has 1 aromatic carbocycles. The van der Waals surface area contributed by atoms with E-state index in [1.807, 2.05) is 12.1 Å². The van der Waals surface area contributed by atoms with Crippen molar-refractivity contribution in [1.29, 1.82) is 0 Å². The van der Waals surface area contributed by atoms with Crippen LogP contribution in [0.3, 0.4) is 0 Å². The van der Waals surface area contributed by atoms with Gasteiger partial charge in [0.25, 0.3) is 0 Å². The van der Waals surface area contributed by atoms with Crippen molar-refractivity contribution in [2.75, 3.05) is 25.0 Å². The molecule has 1 aliphatic carbocycles. The summed E-state index contributed by atoms with van der Waals surface area (Å²) in [5, 5.41) is 12.6. The molecule has 4 rings (SSSR count). The molecule has 4 nitrogen and oxygen atoms in total. The van der Waals surface area contributed by atoms with Crippen LogP contribution in [-0.4, -0.2) is 40.8 Å². The van der Waals surface area contributed by atoms with Crippen molar-refractivity contribution >= 4 is 17.4 Å². The Balaban J connectivity index is 1.31. The van der Waals surface area contributed by atoms with E-state index in [1.54, 1.807) is 6.07 Å². The topological polar surface area (TPSA) is 41.0 Å². The fraction of sp³-hybridized carbons (Fsp3) is 0.565. The summed E-state index contributed by atoms with van der Waals surface area (Å²) < 4.78 is 13.5. The van der Waals surface area contributed by atoms with Gasteiger partial charge in [-0.2, -0.15) is 0 Å². The van der Waals surface area contributed by atoms with Crippen molar-refractivity contribution in [3.63, 3.8) is 0 Å². The smallest absolute Gasteiger partial charge is 0.148 e. The lowest BCUT2D eigenvalue weighted by Gasteiger charge is -2.24. The average Bonchev–Trinajstić information content (AvgIpc) is 3.20. The first-order valence-corrected chi connectivity index (χ1v) is 10.9. The molecule has 0 spiro atoms. The second kappa shape index (κ2) is 8.19. The van der Waals surface area contributed by atoms with Gasteiger partial charge in [-0.1, -0.05) is 32.4 Å². The molecule has 3 atom stereocenters. The predicted molar refractivity (Wildman–Crippen MR) is 117 cm³/mol. The van der Waals surface area contributed by atoms with Gasteiger partial charge in [0.15, 0.2) is 0 Å². The maximum absolute atomic E-state index is 13.5. The highest BCUT2D eigenvalue weighted by Crippen LogP contribution is 2.39. The van der Waals surface area contributed by atoms with Crippen LogP contribution in [0, 0.1) is 23.1 Å². The number of likely N-dealkylation sites (tertiary alicyclic amines) is 1. The lowest BCUT2D eigenvalue weighted by molar-refractivity contribution is 0.250. The minimum atomic E-state index is -0.331. The molecule has 1 N–H and O–H groups in total. The third-order valence-corrected chi connectivity index (χ3v) is 6.56. The minimum absolute atomic E-state index is 0.331. The molecular weight excluding hydrogens is 387 g/mol. The van der Waals surface area contributed by atoms with Gasteiger partial charge in [-0.05, 0) is 73.4 Å². The van der Waals surface area contributed by atoms with Gasteiger partial charge in [-0.15, -0.1) is 10.2 Å². The SMILES string of the molecule is CC(C)(C)CCN1C[C@H]2C[C@@H](Nc3ccc(-c4cc(F)ccc4Cl)nn3)C[C@H]2C1. The van der Waals surface area contributed by atoms with Gasteiger partial charge >= 0.3 is 0 Å². The number of hydrogen-bond donors (Lipinski definition) is 1. The number of hydrogen-bond acceptors (Lipinski definition) is 4. The van der Waals surface area contributed by atoms with Gasteiger partial charge in [0.1, 0.15) is 11.6 Å². The van der Waals surface area contributed by atoms with Crippen LogP contribution >= 0.6 is 11.6 Å². The summed E-state index contributed by atoms with van der Waals surface area (Å²) in [7, 11) is 0. The monoisotopic (exact) mass is 416 g/mol. The summed E-state index contributed by atoms with van der Waals surface area (Å²) in [6.07, 6.45) is 3.64. The third kappa shape index (κ3) is 5.07. The maximum Gasteiger partial charge on any atom is 0.148 e. The lowest BCUT2D eigenvalue weighted by Crippen LogP contribution is -2.28. The van der Waals surface area contributed by atoms with Crippen LogP contribution in [0.4, 0.5) is 10.2 Å². The summed E-state index contributed by atoms with van der Waals surface area (Å²) >= 11 is 6.17. The van der Waals surface area contributed by atoms with Crippen LogP contribution in [0.25, 0.3) is 11.3 Å². The zero-order valence-electron chi connectivity index (χ0n) is 17.5. The number of anilines is 1. The second-order valence-corrected chi connectivity index (χ2v) is 10.2. The number of benzene rings is 1. The van der Waals surface area contributed by atoms with Crippen LogP contribution in [0.5, 0.6) is 0 Å². The van der Waals surface area contributed by atoms with Crippen molar-refractivity contribution < 1.29 is 4.39 Å². The molecule has 0 bridgehead atoms. The highest BCUT2D eigenvalue weighted by atomic mass is 35.5. The first-order valence-electron chi connectivity index (χ1n) is 10.5. The van der Waals surface area contributed by atoms with Crippen molar-refractivity contribution in [1.82, 2.24) is 15.1 Å². The Bertz CT molecular complexity index is 835. The molecule has 1 aliphatic heterocycles. The number of aromatic nitrogens is 2. The number of halogens is 2. The van der Waals surface area contributed by atoms with Crippen LogP contribution in [0.15, 0.2) is 30.3 Å². The second-order valence-electron chi connectivity index (χ2n) is 9.83. The molecule has 1 saturated heterocycles. The molecule has 0 radical (unpaired) electrons. The van der Waals surface area contributed by atoms with Crippen molar-refractivity contribution in [3.8, 4) is 11.3 Å². The quantitative estimate of drug-likeness (QED) is 0.699. The van der Waals surface area contributed by atoms with Crippen LogP contribution in [0.1, 0.15) is 40.0 Å². The van der Waals surface area contributed by atoms with Gasteiger partial charge in [-0.3, -0.25) is 0 Å². The highest BCUT2D eigenvalue weighted by Gasteiger charge is 2.40. The fourth-order valence-corrected chi connectivity index (χ4v) is 4.86. The zero-order chi connectivity index (χ0) is 20.6. The summed E-state index contributed by atoms with van der Waals surface area (Å²) in [4.78, 5) is 2.65. The molecule has 29 heavy (non-hydrogen) atoms. The van der Waals surface area contributed by atoms with E-state index in [9.17, 15) is 4.39 Å². The molecule has 1 saturated carbocycles. The van der Waals surface area contributed by atoms with E-state index in [4.69, 9.17) is 11.6 Å². The Morgan fingerprint density at radius 1 is 1.10 bits per heavy atom. The van der Waals surface area contributed by atoms with E-state index in [-0.39, 0.29) is 5.82 Å². The fourth-order valence-electron chi connectivity index (χ4n) is 4.65. The Hall–Kier alpha value is -1.72. The van der Waals surface area contributed by atoms with Crippen LogP contribution in [0.2, 0.25) is 5.02 Å². The molecule has 0 unspecified atom stereocenters. The maximum atomic E-state index is 13.5. The van der Waals surface area contributed by atoms with Crippen LogP contribution < -0.4 is 5.32 Å². The van der Waals surface area contributed by atoms with E-state index in [0.717, 1.165) is 17.7 Å². The highest BCUT2D eigenvalue weighted by molar-refractivity contribution is 6.33. The van der Waals surface area contributed by atoms with Gasteiger partial charge in [0.2, 0.25) is 0 Å². The summed E-state index contributed by atoms with van der Waals surface area (Å²) in [5.74, 6) is 2.01. The van der Waals surface area contributed by atoms with Gasteiger partial charge in [-0.25, -0.2) is 4.39 Å².